The fraction of sp³-hybridized carbons (Fsp3) is 0.125. The molecule has 0 bridgehead atoms. The molecule has 0 unspecified atom stereocenters. The molecular formula is C16H14ClN3O2. The number of benzene rings is 2. The van der Waals surface area contributed by atoms with Crippen molar-refractivity contribution in [2.45, 2.75) is 6.61 Å². The summed E-state index contributed by atoms with van der Waals surface area (Å²) in [6.07, 6.45) is 1.71. The first-order chi connectivity index (χ1) is 10.7. The van der Waals surface area contributed by atoms with Crippen molar-refractivity contribution in [2.75, 3.05) is 11.9 Å². The van der Waals surface area contributed by atoms with Crippen molar-refractivity contribution in [3.05, 3.63) is 59.2 Å². The number of carbonyl (C=O) groups is 1. The molecule has 3 rings (SSSR count). The lowest BCUT2D eigenvalue weighted by Gasteiger charge is -2.08. The molecule has 2 N–H and O–H groups in total. The second kappa shape index (κ2) is 6.60. The molecule has 3 aromatic rings. The van der Waals surface area contributed by atoms with Crippen LogP contribution in [-0.2, 0) is 16.1 Å². The zero-order chi connectivity index (χ0) is 15.4. The Morgan fingerprint density at radius 1 is 1.23 bits per heavy atom. The van der Waals surface area contributed by atoms with E-state index in [1.54, 1.807) is 12.3 Å². The number of carbonyl (C=O) groups excluding carboxylic acids is 1. The van der Waals surface area contributed by atoms with E-state index in [9.17, 15) is 4.79 Å². The smallest absolute Gasteiger partial charge is 0.250 e. The third kappa shape index (κ3) is 3.27. The Bertz CT molecular complexity index is 801. The first kappa shape index (κ1) is 14.6. The van der Waals surface area contributed by atoms with E-state index >= 15 is 0 Å². The van der Waals surface area contributed by atoms with E-state index in [1.165, 1.54) is 0 Å². The Balaban J connectivity index is 1.57. The van der Waals surface area contributed by atoms with Crippen LogP contribution in [0.1, 0.15) is 5.56 Å². The lowest BCUT2D eigenvalue weighted by molar-refractivity contribution is -0.121. The Hall–Kier alpha value is -2.37. The van der Waals surface area contributed by atoms with Gasteiger partial charge in [-0.15, -0.1) is 0 Å². The van der Waals surface area contributed by atoms with Gasteiger partial charge < -0.3 is 10.1 Å². The Morgan fingerprint density at radius 3 is 2.95 bits per heavy atom. The number of rotatable bonds is 5. The normalized spacial score (nSPS) is 10.8. The highest BCUT2D eigenvalue weighted by atomic mass is 35.5. The van der Waals surface area contributed by atoms with Gasteiger partial charge in [-0.05, 0) is 17.7 Å². The number of fused-ring (bicyclic) bond motifs is 1. The van der Waals surface area contributed by atoms with Gasteiger partial charge in [-0.1, -0.05) is 41.9 Å². The number of hydrogen-bond donors (Lipinski definition) is 2. The molecular weight excluding hydrogens is 302 g/mol. The number of halogens is 1. The van der Waals surface area contributed by atoms with Crippen LogP contribution in [0.2, 0.25) is 5.02 Å². The van der Waals surface area contributed by atoms with Crippen LogP contribution in [0.3, 0.4) is 0 Å². The van der Waals surface area contributed by atoms with E-state index in [0.717, 1.165) is 16.5 Å². The number of amides is 1. The van der Waals surface area contributed by atoms with Crippen molar-refractivity contribution < 1.29 is 9.53 Å². The van der Waals surface area contributed by atoms with Gasteiger partial charge in [0.2, 0.25) is 5.91 Å². The number of H-pyrrole nitrogens is 1. The van der Waals surface area contributed by atoms with Gasteiger partial charge in [-0.2, -0.15) is 5.10 Å². The largest absolute Gasteiger partial charge is 0.367 e. The van der Waals surface area contributed by atoms with Crippen LogP contribution in [0.25, 0.3) is 10.9 Å². The average molecular weight is 316 g/mol. The third-order valence-corrected chi connectivity index (χ3v) is 3.57. The summed E-state index contributed by atoms with van der Waals surface area (Å²) in [6.45, 7) is 0.247. The molecule has 1 amide bonds. The molecule has 0 saturated heterocycles. The zero-order valence-electron chi connectivity index (χ0n) is 11.7. The van der Waals surface area contributed by atoms with Gasteiger partial charge in [0, 0.05) is 10.4 Å². The van der Waals surface area contributed by atoms with Crippen molar-refractivity contribution >= 4 is 34.1 Å². The molecule has 5 nitrogen and oxygen atoms in total. The average Bonchev–Trinajstić information content (AvgIpc) is 2.99. The van der Waals surface area contributed by atoms with Crippen molar-refractivity contribution in [3.63, 3.8) is 0 Å². The lowest BCUT2D eigenvalue weighted by atomic mass is 10.2. The van der Waals surface area contributed by atoms with Gasteiger partial charge >= 0.3 is 0 Å². The molecule has 0 aliphatic heterocycles. The standard InChI is InChI=1S/C16H14ClN3O2/c17-13-6-2-1-4-12(13)9-22-10-15(21)19-14-7-3-5-11-8-18-20-16(11)14/h1-8H,9-10H2,(H,18,20)(H,19,21). The number of ether oxygens (including phenoxy) is 1. The second-order valence-corrected chi connectivity index (χ2v) is 5.18. The van der Waals surface area contributed by atoms with Gasteiger partial charge in [0.15, 0.2) is 0 Å². The maximum atomic E-state index is 11.9. The van der Waals surface area contributed by atoms with E-state index < -0.39 is 0 Å². The van der Waals surface area contributed by atoms with E-state index in [1.807, 2.05) is 36.4 Å². The first-order valence-electron chi connectivity index (χ1n) is 6.77. The molecule has 112 valence electrons. The fourth-order valence-electron chi connectivity index (χ4n) is 2.13. The minimum atomic E-state index is -0.228. The summed E-state index contributed by atoms with van der Waals surface area (Å²) >= 11 is 6.03. The van der Waals surface area contributed by atoms with Crippen LogP contribution in [0.15, 0.2) is 48.7 Å². The summed E-state index contributed by atoms with van der Waals surface area (Å²) in [5.41, 5.74) is 2.33. The fourth-order valence-corrected chi connectivity index (χ4v) is 2.32. The maximum Gasteiger partial charge on any atom is 0.250 e. The number of para-hydroxylation sites is 1. The summed E-state index contributed by atoms with van der Waals surface area (Å²) in [5.74, 6) is -0.228. The van der Waals surface area contributed by atoms with Gasteiger partial charge in [-0.25, -0.2) is 0 Å². The molecule has 0 saturated carbocycles. The molecule has 0 aliphatic rings. The molecule has 0 aliphatic carbocycles. The number of nitrogens with zero attached hydrogens (tertiary/aromatic N) is 1. The van der Waals surface area contributed by atoms with Gasteiger partial charge in [0.25, 0.3) is 0 Å². The van der Waals surface area contributed by atoms with Crippen LogP contribution in [0.5, 0.6) is 0 Å². The van der Waals surface area contributed by atoms with Crippen LogP contribution < -0.4 is 5.32 Å². The predicted molar refractivity (Wildman–Crippen MR) is 85.8 cm³/mol. The third-order valence-electron chi connectivity index (χ3n) is 3.20. The lowest BCUT2D eigenvalue weighted by Crippen LogP contribution is -2.18. The molecule has 1 aromatic heterocycles. The van der Waals surface area contributed by atoms with E-state index in [2.05, 4.69) is 15.5 Å². The van der Waals surface area contributed by atoms with Gasteiger partial charge in [0.05, 0.1) is 24.0 Å². The van der Waals surface area contributed by atoms with Crippen molar-refractivity contribution in [2.24, 2.45) is 0 Å². The number of aromatic nitrogens is 2. The van der Waals surface area contributed by atoms with Gasteiger partial charge in [0.1, 0.15) is 6.61 Å². The molecule has 0 spiro atoms. The first-order valence-corrected chi connectivity index (χ1v) is 7.15. The van der Waals surface area contributed by atoms with E-state index in [0.29, 0.717) is 17.3 Å². The highest BCUT2D eigenvalue weighted by Gasteiger charge is 2.08. The van der Waals surface area contributed by atoms with E-state index in [4.69, 9.17) is 16.3 Å². The molecule has 6 heteroatoms. The predicted octanol–water partition coefficient (Wildman–Crippen LogP) is 3.37. The van der Waals surface area contributed by atoms with Crippen molar-refractivity contribution in [1.82, 2.24) is 10.2 Å². The maximum absolute atomic E-state index is 11.9. The highest BCUT2D eigenvalue weighted by Crippen LogP contribution is 2.20. The minimum Gasteiger partial charge on any atom is -0.367 e. The molecule has 22 heavy (non-hydrogen) atoms. The van der Waals surface area contributed by atoms with Crippen LogP contribution in [0, 0.1) is 0 Å². The van der Waals surface area contributed by atoms with Gasteiger partial charge in [-0.3, -0.25) is 9.89 Å². The summed E-state index contributed by atoms with van der Waals surface area (Å²) in [5, 5.41) is 11.2. The summed E-state index contributed by atoms with van der Waals surface area (Å²) < 4.78 is 5.41. The Labute approximate surface area is 132 Å². The SMILES string of the molecule is O=C(COCc1ccccc1Cl)Nc1cccc2cn[nH]c12. The molecule has 0 fully saturated rings. The second-order valence-electron chi connectivity index (χ2n) is 4.77. The molecule has 0 atom stereocenters. The van der Waals surface area contributed by atoms with Crippen LogP contribution in [-0.4, -0.2) is 22.7 Å². The monoisotopic (exact) mass is 315 g/mol. The zero-order valence-corrected chi connectivity index (χ0v) is 12.4. The van der Waals surface area contributed by atoms with Crippen LogP contribution in [0.4, 0.5) is 5.69 Å². The number of aromatic amines is 1. The summed E-state index contributed by atoms with van der Waals surface area (Å²) in [7, 11) is 0. The van der Waals surface area contributed by atoms with Crippen molar-refractivity contribution in [3.8, 4) is 0 Å². The van der Waals surface area contributed by atoms with Crippen LogP contribution >= 0.6 is 11.6 Å². The Morgan fingerprint density at radius 2 is 2.09 bits per heavy atom. The summed E-state index contributed by atoms with van der Waals surface area (Å²) in [4.78, 5) is 11.9. The molecule has 1 heterocycles. The quantitative estimate of drug-likeness (QED) is 0.758. The number of hydrogen-bond acceptors (Lipinski definition) is 3. The van der Waals surface area contributed by atoms with E-state index in [-0.39, 0.29) is 12.5 Å². The topological polar surface area (TPSA) is 67.0 Å². The molecule has 2 aromatic carbocycles. The highest BCUT2D eigenvalue weighted by molar-refractivity contribution is 6.31. The number of anilines is 1. The Kier molecular flexibility index (Phi) is 4.37. The minimum absolute atomic E-state index is 0.0459. The number of nitrogens with one attached hydrogen (secondary N) is 2. The van der Waals surface area contributed by atoms with Crippen molar-refractivity contribution in [1.29, 1.82) is 0 Å². The molecule has 0 radical (unpaired) electrons. The summed E-state index contributed by atoms with van der Waals surface area (Å²) in [6, 6.07) is 13.0.